The second kappa shape index (κ2) is 13.5. The van der Waals surface area contributed by atoms with Gasteiger partial charge < -0.3 is 19.9 Å². The topological polar surface area (TPSA) is 67.8 Å². The molecule has 0 heterocycles. The minimum absolute atomic E-state index is 0.175. The van der Waals surface area contributed by atoms with Crippen molar-refractivity contribution >= 4 is 23.4 Å². The molecule has 2 atom stereocenters. The Morgan fingerprint density at radius 3 is 2.15 bits per heavy atom. The lowest BCUT2D eigenvalue weighted by atomic mass is 9.99. The predicted molar refractivity (Wildman–Crippen MR) is 138 cm³/mol. The summed E-state index contributed by atoms with van der Waals surface area (Å²) in [7, 11) is 0. The number of hydrogen-bond donors (Lipinski definition) is 2. The number of hydrogen-bond acceptors (Lipinski definition) is 4. The second-order valence-electron chi connectivity index (χ2n) is 7.99. The van der Waals surface area contributed by atoms with Gasteiger partial charge in [-0.3, -0.25) is 0 Å². The summed E-state index contributed by atoms with van der Waals surface area (Å²) in [5.41, 5.74) is 4.30. The lowest BCUT2D eigenvalue weighted by molar-refractivity contribution is -0.149. The quantitative estimate of drug-likeness (QED) is 0.337. The van der Waals surface area contributed by atoms with Crippen LogP contribution < -0.4 is 5.32 Å². The van der Waals surface area contributed by atoms with Crippen molar-refractivity contribution in [1.82, 2.24) is 5.32 Å². The third-order valence-corrected chi connectivity index (χ3v) is 5.72. The Bertz CT molecular complexity index is 1030. The normalized spacial score (nSPS) is 12.5. The summed E-state index contributed by atoms with van der Waals surface area (Å²) in [5, 5.41) is 12.9. The van der Waals surface area contributed by atoms with E-state index in [1.807, 2.05) is 84.9 Å². The first kappa shape index (κ1) is 25.4. The van der Waals surface area contributed by atoms with Gasteiger partial charge in [0.1, 0.15) is 6.10 Å². The molecule has 0 aliphatic carbocycles. The average Bonchev–Trinajstić information content (AvgIpc) is 2.87. The molecule has 3 aromatic carbocycles. The zero-order chi connectivity index (χ0) is 24.2. The van der Waals surface area contributed by atoms with E-state index in [1.165, 1.54) is 0 Å². The summed E-state index contributed by atoms with van der Waals surface area (Å²) >= 11 is 5.47. The standard InChI is InChI=1S/C28H31NO4S/c1-2-32-26(27(30)31)19-22-15-13-21(14-16-22)17-18-25(24-11-7-4-8-12-24)33-28(34)29-20-23-9-5-3-6-10-23/h3-16,25-26H,2,17-20H2,1H3,(H,29,34)(H,30,31)/t25?,26-/m1/s1. The summed E-state index contributed by atoms with van der Waals surface area (Å²) in [6.07, 6.45) is 0.907. The Kier molecular flexibility index (Phi) is 10.1. The molecular formula is C28H31NO4S. The van der Waals surface area contributed by atoms with Gasteiger partial charge in [0.25, 0.3) is 5.17 Å². The molecule has 0 aliphatic heterocycles. The molecule has 0 radical (unpaired) electrons. The van der Waals surface area contributed by atoms with Crippen molar-refractivity contribution in [2.75, 3.05) is 6.61 Å². The molecule has 3 rings (SSSR count). The Labute approximate surface area is 206 Å². The first-order valence-electron chi connectivity index (χ1n) is 11.5. The van der Waals surface area contributed by atoms with Crippen LogP contribution in [0.4, 0.5) is 0 Å². The van der Waals surface area contributed by atoms with E-state index in [9.17, 15) is 9.90 Å². The predicted octanol–water partition coefficient (Wildman–Crippen LogP) is 5.48. The SMILES string of the molecule is CCO[C@H](Cc1ccc(CCC(OC(=S)NCc2ccccc2)c2ccccc2)cc1)C(=O)O. The van der Waals surface area contributed by atoms with Crippen LogP contribution in [-0.2, 0) is 33.7 Å². The lowest BCUT2D eigenvalue weighted by Gasteiger charge is -2.21. The fraction of sp³-hybridized carbons (Fsp3) is 0.286. The molecule has 2 N–H and O–H groups in total. The Morgan fingerprint density at radius 1 is 0.912 bits per heavy atom. The molecule has 0 bridgehead atoms. The number of aliphatic carboxylic acids is 1. The van der Waals surface area contributed by atoms with E-state index in [1.54, 1.807) is 6.92 Å². The lowest BCUT2D eigenvalue weighted by Crippen LogP contribution is -2.26. The van der Waals surface area contributed by atoms with Gasteiger partial charge in [-0.15, -0.1) is 0 Å². The highest BCUT2D eigenvalue weighted by molar-refractivity contribution is 7.80. The number of benzene rings is 3. The maximum absolute atomic E-state index is 11.3. The van der Waals surface area contributed by atoms with Gasteiger partial charge in [0.15, 0.2) is 6.10 Å². The van der Waals surface area contributed by atoms with Crippen LogP contribution in [0.1, 0.15) is 41.7 Å². The van der Waals surface area contributed by atoms with Gasteiger partial charge in [0, 0.05) is 19.6 Å². The van der Waals surface area contributed by atoms with Crippen molar-refractivity contribution < 1.29 is 19.4 Å². The number of carbonyl (C=O) groups is 1. The van der Waals surface area contributed by atoms with Crippen LogP contribution in [0.15, 0.2) is 84.9 Å². The third-order valence-electron chi connectivity index (χ3n) is 5.48. The number of thiocarbonyl (C=S) groups is 1. The number of ether oxygens (including phenoxy) is 2. The fourth-order valence-electron chi connectivity index (χ4n) is 3.67. The number of nitrogens with one attached hydrogen (secondary N) is 1. The highest BCUT2D eigenvalue weighted by Gasteiger charge is 2.18. The second-order valence-corrected chi connectivity index (χ2v) is 8.36. The monoisotopic (exact) mass is 477 g/mol. The molecule has 0 amide bonds. The van der Waals surface area contributed by atoms with Gasteiger partial charge in [0.2, 0.25) is 0 Å². The largest absolute Gasteiger partial charge is 0.479 e. The van der Waals surface area contributed by atoms with Gasteiger partial charge in [0.05, 0.1) is 0 Å². The van der Waals surface area contributed by atoms with Crippen LogP contribution in [0.3, 0.4) is 0 Å². The zero-order valence-electron chi connectivity index (χ0n) is 19.4. The van der Waals surface area contributed by atoms with Crippen molar-refractivity contribution in [1.29, 1.82) is 0 Å². The third kappa shape index (κ3) is 8.28. The van der Waals surface area contributed by atoms with Crippen molar-refractivity contribution in [3.05, 3.63) is 107 Å². The molecule has 6 heteroatoms. The molecule has 3 aromatic rings. The molecule has 0 spiro atoms. The maximum Gasteiger partial charge on any atom is 0.333 e. The Hall–Kier alpha value is -3.22. The van der Waals surface area contributed by atoms with E-state index in [4.69, 9.17) is 21.7 Å². The van der Waals surface area contributed by atoms with Crippen molar-refractivity contribution in [3.8, 4) is 0 Å². The van der Waals surface area contributed by atoms with Crippen LogP contribution in [-0.4, -0.2) is 29.0 Å². The van der Waals surface area contributed by atoms with Crippen molar-refractivity contribution in [3.63, 3.8) is 0 Å². The molecular weight excluding hydrogens is 446 g/mol. The van der Waals surface area contributed by atoms with Crippen molar-refractivity contribution in [2.45, 2.75) is 44.9 Å². The van der Waals surface area contributed by atoms with Gasteiger partial charge in [-0.2, -0.15) is 0 Å². The first-order chi connectivity index (χ1) is 16.5. The molecule has 0 saturated carbocycles. The van der Waals surface area contributed by atoms with Crippen LogP contribution in [0.5, 0.6) is 0 Å². The van der Waals surface area contributed by atoms with Crippen LogP contribution in [0.25, 0.3) is 0 Å². The van der Waals surface area contributed by atoms with E-state index in [0.29, 0.717) is 24.7 Å². The molecule has 5 nitrogen and oxygen atoms in total. The average molecular weight is 478 g/mol. The minimum Gasteiger partial charge on any atom is -0.479 e. The molecule has 0 aliphatic rings. The highest BCUT2D eigenvalue weighted by atomic mass is 32.1. The van der Waals surface area contributed by atoms with Gasteiger partial charge >= 0.3 is 5.97 Å². The Morgan fingerprint density at radius 2 is 1.53 bits per heavy atom. The summed E-state index contributed by atoms with van der Waals surface area (Å²) in [6.45, 7) is 2.78. The maximum atomic E-state index is 11.3. The molecule has 0 aromatic heterocycles. The van der Waals surface area contributed by atoms with Gasteiger partial charge in [-0.25, -0.2) is 4.79 Å². The molecule has 0 saturated heterocycles. The summed E-state index contributed by atoms with van der Waals surface area (Å²) in [5.74, 6) is -0.939. The van der Waals surface area contributed by atoms with E-state index in [0.717, 1.165) is 35.1 Å². The number of rotatable bonds is 12. The van der Waals surface area contributed by atoms with E-state index < -0.39 is 12.1 Å². The van der Waals surface area contributed by atoms with Crippen LogP contribution in [0.2, 0.25) is 0 Å². The smallest absolute Gasteiger partial charge is 0.333 e. The summed E-state index contributed by atoms with van der Waals surface area (Å²) in [4.78, 5) is 11.3. The zero-order valence-corrected chi connectivity index (χ0v) is 20.2. The fourth-order valence-corrected chi connectivity index (χ4v) is 3.86. The van der Waals surface area contributed by atoms with E-state index in [2.05, 4.69) is 5.32 Å². The van der Waals surface area contributed by atoms with Crippen LogP contribution in [0, 0.1) is 0 Å². The van der Waals surface area contributed by atoms with Gasteiger partial charge in [-0.1, -0.05) is 84.9 Å². The Balaban J connectivity index is 1.58. The minimum atomic E-state index is -0.939. The molecule has 0 fully saturated rings. The van der Waals surface area contributed by atoms with E-state index in [-0.39, 0.29) is 6.10 Å². The molecule has 178 valence electrons. The highest BCUT2D eigenvalue weighted by Crippen LogP contribution is 2.24. The summed E-state index contributed by atoms with van der Waals surface area (Å²) < 4.78 is 11.5. The number of carboxylic acids is 1. The van der Waals surface area contributed by atoms with Crippen LogP contribution >= 0.6 is 12.2 Å². The number of aryl methyl sites for hydroxylation is 1. The number of carboxylic acid groups (broad SMARTS) is 1. The van der Waals surface area contributed by atoms with E-state index >= 15 is 0 Å². The molecule has 1 unspecified atom stereocenters. The van der Waals surface area contributed by atoms with Crippen molar-refractivity contribution in [2.24, 2.45) is 0 Å². The molecule has 34 heavy (non-hydrogen) atoms. The first-order valence-corrected chi connectivity index (χ1v) is 11.9. The van der Waals surface area contributed by atoms with Gasteiger partial charge in [-0.05, 0) is 54.2 Å². The summed E-state index contributed by atoms with van der Waals surface area (Å²) in [6, 6.07) is 28.2.